The van der Waals surface area contributed by atoms with E-state index in [0.29, 0.717) is 51.8 Å². The Hall–Kier alpha value is -8.50. The molecule has 0 aliphatic carbocycles. The average molecular weight is 871 g/mol. The average Bonchev–Trinajstić information content (AvgIpc) is 3.95. The number of aryl methyl sites for hydroxylation is 2. The zero-order valence-corrected chi connectivity index (χ0v) is 35.0. The van der Waals surface area contributed by atoms with Crippen LogP contribution < -0.4 is 15.4 Å². The Morgan fingerprint density at radius 2 is 1.05 bits per heavy atom. The van der Waals surface area contributed by atoms with E-state index < -0.39 is 18.5 Å². The molecule has 0 fully saturated rings. The molecule has 0 aliphatic rings. The van der Waals surface area contributed by atoms with E-state index in [2.05, 4.69) is 62.0 Å². The third kappa shape index (κ3) is 13.5. The number of hydrogen-bond donors (Lipinski definition) is 2. The van der Waals surface area contributed by atoms with Gasteiger partial charge in [0.1, 0.15) is 24.0 Å². The Balaban J connectivity index is 0.000000213. The number of methoxy groups -OCH3 is 2. The fourth-order valence-electron chi connectivity index (χ4n) is 5.32. The number of aromatic nitrogens is 10. The van der Waals surface area contributed by atoms with E-state index in [0.717, 1.165) is 11.1 Å². The molecule has 64 heavy (non-hydrogen) atoms. The predicted molar refractivity (Wildman–Crippen MR) is 229 cm³/mol. The van der Waals surface area contributed by atoms with Gasteiger partial charge in [-0.3, -0.25) is 10.6 Å². The smallest absolute Gasteiger partial charge is 0.418 e. The van der Waals surface area contributed by atoms with Crippen molar-refractivity contribution in [3.63, 3.8) is 0 Å². The van der Waals surface area contributed by atoms with E-state index in [9.17, 15) is 9.59 Å². The summed E-state index contributed by atoms with van der Waals surface area (Å²) in [6.45, 7) is 0.0714. The first-order valence-electron chi connectivity index (χ1n) is 19.2. The van der Waals surface area contributed by atoms with Crippen LogP contribution in [0, 0.1) is 0 Å². The van der Waals surface area contributed by atoms with Crippen molar-refractivity contribution in [3.05, 3.63) is 162 Å². The van der Waals surface area contributed by atoms with Crippen LogP contribution in [0.1, 0.15) is 34.2 Å². The molecule has 0 aliphatic heterocycles. The summed E-state index contributed by atoms with van der Waals surface area (Å²) in [7, 11) is 6.34. The van der Waals surface area contributed by atoms with E-state index >= 15 is 0 Å². The van der Waals surface area contributed by atoms with Gasteiger partial charge < -0.3 is 28.6 Å². The van der Waals surface area contributed by atoms with E-state index in [1.54, 1.807) is 74.8 Å². The van der Waals surface area contributed by atoms with Gasteiger partial charge in [0, 0.05) is 39.4 Å². The van der Waals surface area contributed by atoms with E-state index in [1.165, 1.54) is 23.6 Å². The molecule has 0 bridgehead atoms. The molecule has 22 nitrogen and oxygen atoms in total. The zero-order valence-electron chi connectivity index (χ0n) is 35.0. The van der Waals surface area contributed by atoms with Crippen LogP contribution in [0.25, 0.3) is 0 Å². The number of benzene rings is 3. The van der Waals surface area contributed by atoms with Crippen LogP contribution >= 0.6 is 0 Å². The molecule has 4 aromatic heterocycles. The molecule has 0 atom stereocenters. The lowest BCUT2D eigenvalue weighted by molar-refractivity contribution is -0.127. The number of nitrogens with zero attached hydrogens (tertiary/aromatic N) is 12. The molecule has 0 radical (unpaired) electrons. The maximum atomic E-state index is 12.1. The van der Waals surface area contributed by atoms with Crippen molar-refractivity contribution >= 4 is 35.2 Å². The first-order valence-corrected chi connectivity index (χ1v) is 19.2. The number of carbonyl (C=O) groups excluding carboxylic acids is 2. The third-order valence-corrected chi connectivity index (χ3v) is 8.40. The normalized spacial score (nSPS) is 11.3. The SMILES string of the molecule is COC(COC(=O)Nc1cccc(CO/N=C(/c2ccccc2)c2nnnn2C)n1)OC.Cn1nnnc1/C(=N\OCc1cccc(NC(=O)Oc2ccccc2)n1)c1ccccc1. The number of tetrazole rings is 2. The van der Waals surface area contributed by atoms with E-state index in [4.69, 9.17) is 28.6 Å². The minimum Gasteiger partial charge on any atom is -0.444 e. The van der Waals surface area contributed by atoms with Gasteiger partial charge >= 0.3 is 12.2 Å². The highest BCUT2D eigenvalue weighted by molar-refractivity contribution is 6.10. The van der Waals surface area contributed by atoms with Gasteiger partial charge in [0.05, 0.1) is 11.4 Å². The van der Waals surface area contributed by atoms with Gasteiger partial charge in [-0.2, -0.15) is 0 Å². The minimum absolute atomic E-state index is 0.0571. The monoisotopic (exact) mass is 870 g/mol. The van der Waals surface area contributed by atoms with E-state index in [-0.39, 0.29) is 19.8 Å². The highest BCUT2D eigenvalue weighted by atomic mass is 16.7. The van der Waals surface area contributed by atoms with E-state index in [1.807, 2.05) is 66.7 Å². The number of oxime groups is 2. The first kappa shape index (κ1) is 45.0. The summed E-state index contributed by atoms with van der Waals surface area (Å²) in [5.74, 6) is 1.98. The molecular formula is C42H42N14O8. The Labute approximate surface area is 365 Å². The molecule has 0 spiro atoms. The predicted octanol–water partition coefficient (Wildman–Crippen LogP) is 4.93. The second kappa shape index (κ2) is 23.5. The topological polar surface area (TPSA) is 251 Å². The van der Waals surface area contributed by atoms with Gasteiger partial charge in [0.25, 0.3) is 0 Å². The number of carbonyl (C=O) groups is 2. The Morgan fingerprint density at radius 3 is 1.48 bits per heavy atom. The summed E-state index contributed by atoms with van der Waals surface area (Å²) < 4.78 is 23.2. The number of rotatable bonds is 17. The highest BCUT2D eigenvalue weighted by Crippen LogP contribution is 2.14. The molecule has 2 N–H and O–H groups in total. The van der Waals surface area contributed by atoms with Crippen LogP contribution in [0.3, 0.4) is 0 Å². The maximum Gasteiger partial charge on any atom is 0.418 e. The number of pyridine rings is 2. The van der Waals surface area contributed by atoms with Gasteiger partial charge in [-0.25, -0.2) is 28.9 Å². The van der Waals surface area contributed by atoms with Gasteiger partial charge in [-0.1, -0.05) is 101 Å². The second-order valence-electron chi connectivity index (χ2n) is 12.9. The molecule has 3 aromatic carbocycles. The number of anilines is 2. The highest BCUT2D eigenvalue weighted by Gasteiger charge is 2.17. The number of ether oxygens (including phenoxy) is 4. The van der Waals surface area contributed by atoms with Crippen LogP contribution in [0.2, 0.25) is 0 Å². The third-order valence-electron chi connectivity index (χ3n) is 8.40. The van der Waals surface area contributed by atoms with Gasteiger partial charge in [0.15, 0.2) is 30.9 Å². The summed E-state index contributed by atoms with van der Waals surface area (Å²) in [6, 6.07) is 37.9. The quantitative estimate of drug-likeness (QED) is 0.0699. The van der Waals surface area contributed by atoms with Crippen molar-refractivity contribution in [1.29, 1.82) is 0 Å². The Kier molecular flexibility index (Phi) is 16.5. The molecule has 0 unspecified atom stereocenters. The van der Waals surface area contributed by atoms with Crippen molar-refractivity contribution in [2.45, 2.75) is 19.5 Å². The molecule has 0 saturated heterocycles. The number of amides is 2. The minimum atomic E-state index is -0.686. The lowest BCUT2D eigenvalue weighted by Gasteiger charge is -2.13. The lowest BCUT2D eigenvalue weighted by atomic mass is 10.1. The number of hydrogen-bond acceptors (Lipinski definition) is 18. The van der Waals surface area contributed by atoms with Crippen LogP contribution in [-0.4, -0.2) is 101 Å². The van der Waals surface area contributed by atoms with Crippen LogP contribution in [0.5, 0.6) is 5.75 Å². The molecule has 2 amide bonds. The molecule has 0 saturated carbocycles. The van der Waals surface area contributed by atoms with Crippen molar-refractivity contribution in [1.82, 2.24) is 50.4 Å². The van der Waals surface area contributed by atoms with Crippen LogP contribution in [-0.2, 0) is 51.2 Å². The molecule has 328 valence electrons. The Morgan fingerprint density at radius 1 is 0.594 bits per heavy atom. The fourth-order valence-corrected chi connectivity index (χ4v) is 5.32. The van der Waals surface area contributed by atoms with Crippen molar-refractivity contribution < 1.29 is 38.2 Å². The lowest BCUT2D eigenvalue weighted by Crippen LogP contribution is -2.25. The molecule has 4 heterocycles. The summed E-state index contributed by atoms with van der Waals surface area (Å²) >= 11 is 0. The van der Waals surface area contributed by atoms with Crippen LogP contribution in [0.4, 0.5) is 21.2 Å². The maximum absolute atomic E-state index is 12.1. The number of nitrogens with one attached hydrogen (secondary N) is 2. The van der Waals surface area contributed by atoms with Crippen molar-refractivity contribution in [2.24, 2.45) is 24.4 Å². The zero-order chi connectivity index (χ0) is 44.9. The molecular weight excluding hydrogens is 829 g/mol. The second-order valence-corrected chi connectivity index (χ2v) is 12.9. The van der Waals surface area contributed by atoms with Gasteiger partial charge in [0.2, 0.25) is 11.6 Å². The standard InChI is InChI=1S/C22H19N7O3.C20H23N7O5/c1-29-21(25-27-28-29)20(16-9-4-2-5-10-16)26-31-15-17-11-8-14-19(23-17)24-22(30)32-18-12-6-3-7-13-18;1-27-19(23-25-26-27)18(14-8-5-4-6-9-14)24-32-12-15-10-7-11-16(21-15)22-20(28)31-13-17(29-2)30-3/h2-14H,15H2,1H3,(H,23,24,30);4-11,17H,12-13H2,1-3H3,(H,21,22,28)/b26-20-;24-18-. The fraction of sp³-hybridized carbons (Fsp3) is 0.190. The molecule has 7 aromatic rings. The summed E-state index contributed by atoms with van der Waals surface area (Å²) in [6.07, 6.45) is -1.97. The molecule has 7 rings (SSSR count). The first-order chi connectivity index (χ1) is 31.3. The summed E-state index contributed by atoms with van der Waals surface area (Å²) in [5, 5.41) is 36.6. The number of para-hydroxylation sites is 1. The summed E-state index contributed by atoms with van der Waals surface area (Å²) in [5.41, 5.74) is 3.66. The van der Waals surface area contributed by atoms with Crippen LogP contribution in [0.15, 0.2) is 138 Å². The van der Waals surface area contributed by atoms with Gasteiger partial charge in [-0.05, 0) is 57.3 Å². The largest absolute Gasteiger partial charge is 0.444 e. The Bertz CT molecular complexity index is 2610. The van der Waals surface area contributed by atoms with Crippen molar-refractivity contribution in [3.8, 4) is 5.75 Å². The summed E-state index contributed by atoms with van der Waals surface area (Å²) in [4.78, 5) is 43.7. The van der Waals surface area contributed by atoms with Gasteiger partial charge in [-0.15, -0.1) is 10.2 Å². The molecule has 22 heteroatoms. The van der Waals surface area contributed by atoms with Crippen molar-refractivity contribution in [2.75, 3.05) is 31.5 Å².